The Kier molecular flexibility index (Phi) is 7.62. The zero-order chi connectivity index (χ0) is 22.5. The number of amides is 4. The van der Waals surface area contributed by atoms with Gasteiger partial charge in [-0.1, -0.05) is 13.8 Å². The summed E-state index contributed by atoms with van der Waals surface area (Å²) in [5.41, 5.74) is 0.869. The Hall–Kier alpha value is -2.86. The van der Waals surface area contributed by atoms with Gasteiger partial charge in [0.25, 0.3) is 10.0 Å². The van der Waals surface area contributed by atoms with Crippen molar-refractivity contribution in [3.05, 3.63) is 28.6 Å². The number of sulfonamides is 1. The summed E-state index contributed by atoms with van der Waals surface area (Å²) in [7, 11) is -1.21. The van der Waals surface area contributed by atoms with E-state index in [-0.39, 0.29) is 15.8 Å². The lowest BCUT2D eigenvalue weighted by molar-refractivity contribution is 0.253. The molecule has 4 N–H and O–H groups in total. The molecule has 0 saturated carbocycles. The van der Waals surface area contributed by atoms with Crippen molar-refractivity contribution in [3.8, 4) is 5.75 Å². The van der Waals surface area contributed by atoms with E-state index in [9.17, 15) is 18.0 Å². The van der Waals surface area contributed by atoms with Crippen LogP contribution in [-0.2, 0) is 16.4 Å². The molecule has 0 spiro atoms. The molecule has 0 aromatic carbocycles. The van der Waals surface area contributed by atoms with Crippen molar-refractivity contribution in [2.24, 2.45) is 5.92 Å². The summed E-state index contributed by atoms with van der Waals surface area (Å²) in [4.78, 5) is 28.8. The van der Waals surface area contributed by atoms with Gasteiger partial charge >= 0.3 is 12.1 Å². The van der Waals surface area contributed by atoms with E-state index >= 15 is 0 Å². The number of anilines is 2. The number of aryl methyl sites for hydroxylation is 1. The number of aromatic nitrogens is 1. The number of nitrogens with zero attached hydrogens (tertiary/aromatic N) is 1. The van der Waals surface area contributed by atoms with Gasteiger partial charge in [0, 0.05) is 24.1 Å². The molecule has 4 amide bonds. The molecule has 0 aliphatic carbocycles. The number of thiophene rings is 1. The molecule has 2 heterocycles. The molecule has 0 saturated heterocycles. The van der Waals surface area contributed by atoms with Gasteiger partial charge in [0.15, 0.2) is 0 Å². The molecule has 0 aliphatic rings. The van der Waals surface area contributed by atoms with Gasteiger partial charge in [0.2, 0.25) is 0 Å². The van der Waals surface area contributed by atoms with Crippen molar-refractivity contribution >= 4 is 45.1 Å². The van der Waals surface area contributed by atoms with Crippen molar-refractivity contribution < 1.29 is 22.7 Å². The summed E-state index contributed by atoms with van der Waals surface area (Å²) in [6, 6.07) is 2.88. The lowest BCUT2D eigenvalue weighted by Crippen LogP contribution is -2.34. The van der Waals surface area contributed by atoms with Crippen LogP contribution in [0.1, 0.15) is 24.3 Å². The third-order valence-electron chi connectivity index (χ3n) is 3.83. The van der Waals surface area contributed by atoms with Gasteiger partial charge in [-0.05, 0) is 30.9 Å². The molecule has 164 valence electrons. The van der Waals surface area contributed by atoms with Crippen LogP contribution in [0, 0.1) is 12.8 Å². The number of carbonyl (C=O) groups is 2. The van der Waals surface area contributed by atoms with Crippen LogP contribution >= 0.6 is 11.3 Å². The number of ether oxygens (including phenoxy) is 1. The molecule has 12 heteroatoms. The second-order valence-corrected chi connectivity index (χ2v) is 9.86. The largest absolute Gasteiger partial charge is 0.496 e. The van der Waals surface area contributed by atoms with E-state index in [0.29, 0.717) is 11.7 Å². The van der Waals surface area contributed by atoms with E-state index < -0.39 is 22.1 Å². The smallest absolute Gasteiger partial charge is 0.334 e. The van der Waals surface area contributed by atoms with Gasteiger partial charge in [0.05, 0.1) is 7.11 Å². The summed E-state index contributed by atoms with van der Waals surface area (Å²) in [6.45, 7) is 5.94. The quantitative estimate of drug-likeness (QED) is 0.506. The fraction of sp³-hybridized carbons (Fsp3) is 0.389. The molecule has 10 nitrogen and oxygen atoms in total. The summed E-state index contributed by atoms with van der Waals surface area (Å²) >= 11 is 1.14. The first-order chi connectivity index (χ1) is 14.0. The topological polar surface area (TPSA) is 139 Å². The number of hydrogen-bond acceptors (Lipinski definition) is 7. The maximum absolute atomic E-state index is 12.6. The molecule has 0 unspecified atom stereocenters. The maximum atomic E-state index is 12.6. The van der Waals surface area contributed by atoms with Crippen molar-refractivity contribution in [1.29, 1.82) is 0 Å². The molecule has 0 bridgehead atoms. The van der Waals surface area contributed by atoms with Crippen LogP contribution in [0.25, 0.3) is 0 Å². The summed E-state index contributed by atoms with van der Waals surface area (Å²) in [5, 5.41) is 7.16. The Morgan fingerprint density at radius 2 is 1.73 bits per heavy atom. The Balaban J connectivity index is 2.16. The number of rotatable bonds is 7. The third kappa shape index (κ3) is 6.32. The highest BCUT2D eigenvalue weighted by molar-refractivity contribution is 7.92. The van der Waals surface area contributed by atoms with E-state index in [4.69, 9.17) is 4.74 Å². The Morgan fingerprint density at radius 3 is 2.27 bits per heavy atom. The zero-order valence-corrected chi connectivity index (χ0v) is 19.0. The van der Waals surface area contributed by atoms with Gasteiger partial charge in [-0.2, -0.15) is 0 Å². The summed E-state index contributed by atoms with van der Waals surface area (Å²) < 4.78 is 32.3. The Morgan fingerprint density at radius 1 is 1.13 bits per heavy atom. The SMILES string of the molecule is CNC(=O)Nc1cc(OC)cc(NC(=O)NS(=O)(=O)c2cc(C)c(CC(C)C)s2)n1. The summed E-state index contributed by atoms with van der Waals surface area (Å²) in [5.74, 6) is 0.794. The van der Waals surface area contributed by atoms with Crippen LogP contribution in [0.4, 0.5) is 21.2 Å². The highest BCUT2D eigenvalue weighted by Crippen LogP contribution is 2.28. The molecule has 30 heavy (non-hydrogen) atoms. The minimum Gasteiger partial charge on any atom is -0.496 e. The van der Waals surface area contributed by atoms with Gasteiger partial charge in [-0.15, -0.1) is 11.3 Å². The molecule has 0 atom stereocenters. The summed E-state index contributed by atoms with van der Waals surface area (Å²) in [6.07, 6.45) is 0.757. The monoisotopic (exact) mass is 455 g/mol. The fourth-order valence-corrected chi connectivity index (χ4v) is 5.15. The van der Waals surface area contributed by atoms with Crippen LogP contribution in [0.15, 0.2) is 22.4 Å². The molecule has 2 aromatic heterocycles. The maximum Gasteiger partial charge on any atom is 0.334 e. The number of urea groups is 2. The lowest BCUT2D eigenvalue weighted by atomic mass is 10.1. The lowest BCUT2D eigenvalue weighted by Gasteiger charge is -2.11. The first kappa shape index (κ1) is 23.4. The minimum atomic E-state index is -4.05. The van der Waals surface area contributed by atoms with Crippen LogP contribution in [0.2, 0.25) is 0 Å². The minimum absolute atomic E-state index is 0.00342. The molecule has 0 aliphatic heterocycles. The molecule has 0 fully saturated rings. The highest BCUT2D eigenvalue weighted by atomic mass is 32.2. The Bertz CT molecular complexity index is 1030. The van der Waals surface area contributed by atoms with Crippen molar-refractivity contribution in [3.63, 3.8) is 0 Å². The number of methoxy groups -OCH3 is 1. The molecular formula is C18H25N5O5S2. The van der Waals surface area contributed by atoms with E-state index in [0.717, 1.165) is 28.2 Å². The molecular weight excluding hydrogens is 430 g/mol. The number of hydrogen-bond donors (Lipinski definition) is 4. The fourth-order valence-electron chi connectivity index (χ4n) is 2.44. The number of pyridine rings is 1. The third-order valence-corrected chi connectivity index (χ3v) is 6.89. The predicted octanol–water partition coefficient (Wildman–Crippen LogP) is 2.92. The zero-order valence-electron chi connectivity index (χ0n) is 17.3. The second-order valence-electron chi connectivity index (χ2n) is 6.81. The van der Waals surface area contributed by atoms with Crippen molar-refractivity contribution in [2.45, 2.75) is 31.4 Å². The molecule has 0 radical (unpaired) electrons. The number of nitrogens with one attached hydrogen (secondary N) is 4. The average molecular weight is 456 g/mol. The van der Waals surface area contributed by atoms with Crippen LogP contribution in [0.5, 0.6) is 5.75 Å². The standard InChI is InChI=1S/C18H25N5O5S2/c1-10(2)6-13-11(3)7-16(29-13)30(26,27)23-18(25)22-15-9-12(28-5)8-14(20-15)21-17(24)19-4/h7-10H,6H2,1-5H3,(H4,19,20,21,22,23,24,25). The van der Waals surface area contributed by atoms with Crippen LogP contribution in [0.3, 0.4) is 0 Å². The second kappa shape index (κ2) is 9.76. The molecule has 2 aromatic rings. The van der Waals surface area contributed by atoms with Crippen molar-refractivity contribution in [2.75, 3.05) is 24.8 Å². The Labute approximate surface area is 179 Å². The highest BCUT2D eigenvalue weighted by Gasteiger charge is 2.22. The predicted molar refractivity (Wildman–Crippen MR) is 116 cm³/mol. The van der Waals surface area contributed by atoms with Crippen LogP contribution < -0.4 is 25.4 Å². The van der Waals surface area contributed by atoms with Gasteiger partial charge in [0.1, 0.15) is 21.6 Å². The van der Waals surface area contributed by atoms with Gasteiger partial charge in [-0.3, -0.25) is 10.6 Å². The van der Waals surface area contributed by atoms with E-state index in [1.807, 2.05) is 25.5 Å². The van der Waals surface area contributed by atoms with Crippen molar-refractivity contribution in [1.82, 2.24) is 15.0 Å². The van der Waals surface area contributed by atoms with E-state index in [1.54, 1.807) is 6.07 Å². The van der Waals surface area contributed by atoms with Gasteiger partial charge in [-0.25, -0.2) is 27.7 Å². The van der Waals surface area contributed by atoms with Gasteiger partial charge < -0.3 is 10.1 Å². The normalized spacial score (nSPS) is 11.1. The number of carbonyl (C=O) groups excluding carboxylic acids is 2. The van der Waals surface area contributed by atoms with E-state index in [1.165, 1.54) is 26.3 Å². The van der Waals surface area contributed by atoms with E-state index in [2.05, 4.69) is 20.9 Å². The molecule has 2 rings (SSSR count). The first-order valence-electron chi connectivity index (χ1n) is 9.02. The average Bonchev–Trinajstić information content (AvgIpc) is 3.01. The first-order valence-corrected chi connectivity index (χ1v) is 11.3. The van der Waals surface area contributed by atoms with Crippen LogP contribution in [-0.4, -0.2) is 39.6 Å².